The third-order valence-electron chi connectivity index (χ3n) is 3.93. The number of nitrogens with zero attached hydrogens (tertiary/aromatic N) is 4. The topological polar surface area (TPSA) is 72.7 Å². The molecule has 1 amide bonds. The lowest BCUT2D eigenvalue weighted by Gasteiger charge is -2.10. The highest BCUT2D eigenvalue weighted by molar-refractivity contribution is 7.99. The van der Waals surface area contributed by atoms with Gasteiger partial charge in [0.15, 0.2) is 0 Å². The van der Waals surface area contributed by atoms with Crippen molar-refractivity contribution in [2.75, 3.05) is 6.54 Å². The molecule has 0 aliphatic carbocycles. The number of carbonyl (C=O) groups is 1. The number of benzene rings is 1. The lowest BCUT2D eigenvalue weighted by Crippen LogP contribution is -2.21. The monoisotopic (exact) mass is 421 g/mol. The number of pyridine rings is 1. The Bertz CT molecular complexity index is 958. The second-order valence-electron chi connectivity index (χ2n) is 6.14. The second-order valence-corrected chi connectivity index (χ2v) is 7.13. The second kappa shape index (κ2) is 9.08. The van der Waals surface area contributed by atoms with Crippen LogP contribution in [0.15, 0.2) is 58.8 Å². The first-order valence-electron chi connectivity index (χ1n) is 8.80. The number of alkyl halides is 3. The fraction of sp³-hybridized carbons (Fsp3) is 0.263. The maximum Gasteiger partial charge on any atom is 0.417 e. The van der Waals surface area contributed by atoms with Gasteiger partial charge in [0.05, 0.1) is 5.56 Å². The predicted molar refractivity (Wildman–Crippen MR) is 102 cm³/mol. The third kappa shape index (κ3) is 5.57. The van der Waals surface area contributed by atoms with Crippen LogP contribution in [-0.4, -0.2) is 32.2 Å². The molecule has 0 saturated carbocycles. The summed E-state index contributed by atoms with van der Waals surface area (Å²) in [5, 5.41) is 12.0. The fourth-order valence-electron chi connectivity index (χ4n) is 2.58. The number of aromatic nitrogens is 4. The number of halogens is 3. The Hall–Kier alpha value is -2.88. The molecule has 6 nitrogen and oxygen atoms in total. The van der Waals surface area contributed by atoms with Crippen molar-refractivity contribution in [2.24, 2.45) is 0 Å². The van der Waals surface area contributed by atoms with Crippen LogP contribution in [0.5, 0.6) is 0 Å². The van der Waals surface area contributed by atoms with Gasteiger partial charge < -0.3 is 5.32 Å². The molecule has 0 bridgehead atoms. The molecule has 0 saturated heterocycles. The average molecular weight is 421 g/mol. The Balaban J connectivity index is 1.83. The maximum absolute atomic E-state index is 12.7. The number of aryl methyl sites for hydroxylation is 1. The van der Waals surface area contributed by atoms with Crippen molar-refractivity contribution in [3.63, 3.8) is 0 Å². The molecule has 0 spiro atoms. The predicted octanol–water partition coefficient (Wildman–Crippen LogP) is 3.90. The van der Waals surface area contributed by atoms with Crippen LogP contribution in [0.1, 0.15) is 24.7 Å². The summed E-state index contributed by atoms with van der Waals surface area (Å²) in [7, 11) is 0. The first-order valence-corrected chi connectivity index (χ1v) is 9.61. The molecule has 1 N–H and O–H groups in total. The lowest BCUT2D eigenvalue weighted by molar-refractivity contribution is -0.137. The molecule has 0 atom stereocenters. The molecule has 0 radical (unpaired) electrons. The number of nitrogens with one attached hydrogen (secondary N) is 1. The minimum Gasteiger partial charge on any atom is -0.356 e. The summed E-state index contributed by atoms with van der Waals surface area (Å²) in [6, 6.07) is 11.7. The van der Waals surface area contributed by atoms with Gasteiger partial charge in [0, 0.05) is 31.8 Å². The molecule has 0 aliphatic heterocycles. The summed E-state index contributed by atoms with van der Waals surface area (Å²) in [5.41, 5.74) is 0.0338. The van der Waals surface area contributed by atoms with Gasteiger partial charge in [0.1, 0.15) is 10.9 Å². The van der Waals surface area contributed by atoms with Crippen molar-refractivity contribution in [3.8, 4) is 5.69 Å². The Labute approximate surface area is 169 Å². The van der Waals surface area contributed by atoms with Crippen LogP contribution in [0.2, 0.25) is 0 Å². The van der Waals surface area contributed by atoms with Gasteiger partial charge in [-0.25, -0.2) is 4.98 Å². The summed E-state index contributed by atoms with van der Waals surface area (Å²) in [6.45, 7) is 1.97. The number of para-hydroxylation sites is 1. The molecule has 0 aliphatic rings. The van der Waals surface area contributed by atoms with Crippen LogP contribution in [0.4, 0.5) is 13.2 Å². The molecule has 1 aromatic carbocycles. The highest BCUT2D eigenvalue weighted by Crippen LogP contribution is 2.32. The fourth-order valence-corrected chi connectivity index (χ4v) is 3.39. The van der Waals surface area contributed by atoms with E-state index < -0.39 is 11.7 Å². The van der Waals surface area contributed by atoms with Crippen LogP contribution in [0.25, 0.3) is 5.69 Å². The smallest absolute Gasteiger partial charge is 0.356 e. The van der Waals surface area contributed by atoms with Crippen molar-refractivity contribution in [1.29, 1.82) is 0 Å². The van der Waals surface area contributed by atoms with Crippen molar-refractivity contribution in [1.82, 2.24) is 25.1 Å². The molecule has 3 rings (SSSR count). The highest BCUT2D eigenvalue weighted by atomic mass is 32.2. The molecule has 3 aromatic rings. The number of hydrogen-bond acceptors (Lipinski definition) is 5. The first-order chi connectivity index (χ1) is 13.8. The quantitative estimate of drug-likeness (QED) is 0.586. The van der Waals surface area contributed by atoms with Crippen molar-refractivity contribution >= 4 is 17.7 Å². The zero-order valence-electron chi connectivity index (χ0n) is 15.5. The van der Waals surface area contributed by atoms with Gasteiger partial charge in [-0.3, -0.25) is 9.36 Å². The van der Waals surface area contributed by atoms with Crippen molar-refractivity contribution < 1.29 is 18.0 Å². The molecule has 10 heteroatoms. The van der Waals surface area contributed by atoms with Gasteiger partial charge in [-0.05, 0) is 42.4 Å². The molecule has 2 aromatic heterocycles. The Morgan fingerprint density at radius 3 is 2.52 bits per heavy atom. The number of hydrogen-bond donors (Lipinski definition) is 1. The van der Waals surface area contributed by atoms with E-state index in [-0.39, 0.29) is 5.91 Å². The van der Waals surface area contributed by atoms with Gasteiger partial charge in [0.2, 0.25) is 11.1 Å². The zero-order chi connectivity index (χ0) is 20.9. The molecule has 0 fully saturated rings. The van der Waals surface area contributed by atoms with Gasteiger partial charge in [-0.1, -0.05) is 18.2 Å². The Morgan fingerprint density at radius 2 is 1.90 bits per heavy atom. The first kappa shape index (κ1) is 20.8. The van der Waals surface area contributed by atoms with E-state index in [0.717, 1.165) is 29.7 Å². The minimum absolute atomic E-state index is 0.0980. The average Bonchev–Trinajstić information content (AvgIpc) is 3.08. The normalized spacial score (nSPS) is 11.4. The summed E-state index contributed by atoms with van der Waals surface area (Å²) in [4.78, 5) is 14.9. The van der Waals surface area contributed by atoms with E-state index in [1.165, 1.54) is 13.0 Å². The SMILES string of the molecule is CC(=O)NCCCc1nnc(Sc2ccc(C(F)(F)F)cn2)n1-c1ccccc1. The van der Waals surface area contributed by atoms with Gasteiger partial charge >= 0.3 is 6.18 Å². The van der Waals surface area contributed by atoms with E-state index in [1.807, 2.05) is 34.9 Å². The lowest BCUT2D eigenvalue weighted by atomic mass is 10.2. The van der Waals surface area contributed by atoms with Gasteiger partial charge in [0.25, 0.3) is 0 Å². The largest absolute Gasteiger partial charge is 0.417 e. The van der Waals surface area contributed by atoms with E-state index >= 15 is 0 Å². The maximum atomic E-state index is 12.7. The summed E-state index contributed by atoms with van der Waals surface area (Å²) in [5.74, 6) is 0.593. The number of carbonyl (C=O) groups excluding carboxylic acids is 1. The summed E-state index contributed by atoms with van der Waals surface area (Å²) in [6.07, 6.45) is -2.38. The molecule has 0 unspecified atom stereocenters. The molecule has 152 valence electrons. The Morgan fingerprint density at radius 1 is 1.14 bits per heavy atom. The van der Waals surface area contributed by atoms with Gasteiger partial charge in [-0.15, -0.1) is 10.2 Å². The number of rotatable bonds is 7. The van der Waals surface area contributed by atoms with Crippen molar-refractivity contribution in [2.45, 2.75) is 36.1 Å². The highest BCUT2D eigenvalue weighted by Gasteiger charge is 2.30. The third-order valence-corrected chi connectivity index (χ3v) is 4.82. The molecule has 29 heavy (non-hydrogen) atoms. The van der Waals surface area contributed by atoms with E-state index in [2.05, 4.69) is 20.5 Å². The number of amides is 1. The van der Waals surface area contributed by atoms with Crippen LogP contribution < -0.4 is 5.32 Å². The Kier molecular flexibility index (Phi) is 6.53. The van der Waals surface area contributed by atoms with Crippen LogP contribution in [0, 0.1) is 0 Å². The summed E-state index contributed by atoms with van der Waals surface area (Å²) >= 11 is 1.13. The van der Waals surface area contributed by atoms with E-state index in [9.17, 15) is 18.0 Å². The zero-order valence-corrected chi connectivity index (χ0v) is 16.3. The minimum atomic E-state index is -4.43. The summed E-state index contributed by atoms with van der Waals surface area (Å²) < 4.78 is 40.0. The van der Waals surface area contributed by atoms with Crippen molar-refractivity contribution in [3.05, 3.63) is 60.0 Å². The van der Waals surface area contributed by atoms with Crippen LogP contribution in [0.3, 0.4) is 0 Å². The van der Waals surface area contributed by atoms with E-state index in [1.54, 1.807) is 0 Å². The molecular weight excluding hydrogens is 403 g/mol. The van der Waals surface area contributed by atoms with E-state index in [4.69, 9.17) is 0 Å². The van der Waals surface area contributed by atoms with E-state index in [0.29, 0.717) is 35.4 Å². The molecular formula is C19H18F3N5OS. The standard InChI is InChI=1S/C19H18F3N5OS/c1-13(28)23-11-5-8-16-25-26-18(27(16)15-6-3-2-4-7-15)29-17-10-9-14(12-24-17)19(20,21)22/h2-4,6-7,9-10,12H,5,8,11H2,1H3,(H,23,28). The molecule has 2 heterocycles. The van der Waals surface area contributed by atoms with Crippen LogP contribution in [-0.2, 0) is 17.4 Å². The van der Waals surface area contributed by atoms with Gasteiger partial charge in [-0.2, -0.15) is 13.2 Å². The van der Waals surface area contributed by atoms with Crippen LogP contribution >= 0.6 is 11.8 Å².